The van der Waals surface area contributed by atoms with Gasteiger partial charge in [-0.3, -0.25) is 9.89 Å². The third kappa shape index (κ3) is 2.31. The Labute approximate surface area is 104 Å². The molecule has 0 saturated carbocycles. The largest absolute Gasteiger partial charge is 0.368 e. The SMILES string of the molecule is NC(=O)C(Cl)(Cc1ccccc1)c1cc[nH]n1. The van der Waals surface area contributed by atoms with Gasteiger partial charge < -0.3 is 5.73 Å². The molecule has 17 heavy (non-hydrogen) atoms. The van der Waals surface area contributed by atoms with E-state index in [1.54, 1.807) is 12.3 Å². The van der Waals surface area contributed by atoms with Crippen molar-refractivity contribution in [3.05, 3.63) is 53.9 Å². The Balaban J connectivity index is 2.34. The Bertz CT molecular complexity index is 498. The second-order valence-electron chi connectivity index (χ2n) is 3.79. The number of hydrogen-bond donors (Lipinski definition) is 2. The fourth-order valence-electron chi connectivity index (χ4n) is 1.66. The van der Waals surface area contributed by atoms with Crippen molar-refractivity contribution in [1.82, 2.24) is 10.2 Å². The summed E-state index contributed by atoms with van der Waals surface area (Å²) >= 11 is 6.32. The number of carbonyl (C=O) groups is 1. The lowest BCUT2D eigenvalue weighted by molar-refractivity contribution is -0.120. The number of hydrogen-bond acceptors (Lipinski definition) is 2. The highest BCUT2D eigenvalue weighted by atomic mass is 35.5. The van der Waals surface area contributed by atoms with E-state index in [0.717, 1.165) is 5.56 Å². The van der Waals surface area contributed by atoms with Gasteiger partial charge in [-0.1, -0.05) is 30.3 Å². The standard InChI is InChI=1S/C12H12ClN3O/c13-12(11(14)17,10-6-7-15-16-10)8-9-4-2-1-3-5-9/h1-7H,8H2,(H2,14,17)(H,15,16). The molecule has 4 nitrogen and oxygen atoms in total. The molecule has 0 aliphatic carbocycles. The zero-order chi connectivity index (χ0) is 12.3. The Morgan fingerprint density at radius 1 is 1.35 bits per heavy atom. The van der Waals surface area contributed by atoms with Gasteiger partial charge in [0.25, 0.3) is 0 Å². The minimum atomic E-state index is -1.30. The lowest BCUT2D eigenvalue weighted by Gasteiger charge is -2.21. The number of primary amides is 1. The summed E-state index contributed by atoms with van der Waals surface area (Å²) in [5.74, 6) is -0.602. The smallest absolute Gasteiger partial charge is 0.245 e. The highest BCUT2D eigenvalue weighted by molar-refractivity contribution is 6.34. The number of halogens is 1. The lowest BCUT2D eigenvalue weighted by atomic mass is 9.94. The highest BCUT2D eigenvalue weighted by Gasteiger charge is 2.38. The topological polar surface area (TPSA) is 71.8 Å². The normalized spacial score (nSPS) is 14.2. The van der Waals surface area contributed by atoms with Crippen molar-refractivity contribution in [3.63, 3.8) is 0 Å². The molecule has 0 aliphatic heterocycles. The third-order valence-electron chi connectivity index (χ3n) is 2.59. The van der Waals surface area contributed by atoms with Gasteiger partial charge in [-0.25, -0.2) is 0 Å². The third-order valence-corrected chi connectivity index (χ3v) is 3.10. The molecule has 1 atom stereocenters. The molecule has 1 unspecified atom stereocenters. The Hall–Kier alpha value is -1.81. The van der Waals surface area contributed by atoms with Crippen LogP contribution in [0.4, 0.5) is 0 Å². The number of H-pyrrole nitrogens is 1. The van der Waals surface area contributed by atoms with Crippen molar-refractivity contribution in [2.45, 2.75) is 11.3 Å². The first kappa shape index (κ1) is 11.7. The molecule has 0 radical (unpaired) electrons. The van der Waals surface area contributed by atoms with Crippen LogP contribution in [0.2, 0.25) is 0 Å². The highest BCUT2D eigenvalue weighted by Crippen LogP contribution is 2.31. The molecule has 2 rings (SSSR count). The number of carbonyl (C=O) groups excluding carboxylic acids is 1. The molecule has 88 valence electrons. The van der Waals surface area contributed by atoms with Crippen molar-refractivity contribution in [1.29, 1.82) is 0 Å². The molecule has 0 spiro atoms. The van der Waals surface area contributed by atoms with E-state index in [2.05, 4.69) is 10.2 Å². The van der Waals surface area contributed by atoms with Crippen LogP contribution in [0, 0.1) is 0 Å². The quantitative estimate of drug-likeness (QED) is 0.808. The minimum absolute atomic E-state index is 0.315. The second kappa shape index (κ2) is 4.59. The van der Waals surface area contributed by atoms with Crippen molar-refractivity contribution in [3.8, 4) is 0 Å². The first-order chi connectivity index (χ1) is 8.13. The summed E-state index contributed by atoms with van der Waals surface area (Å²) in [6.07, 6.45) is 1.93. The minimum Gasteiger partial charge on any atom is -0.368 e. The molecule has 0 aliphatic rings. The van der Waals surface area contributed by atoms with Crippen molar-refractivity contribution in [2.24, 2.45) is 5.73 Å². The van der Waals surface area contributed by atoms with Gasteiger partial charge in [0.2, 0.25) is 5.91 Å². The fraction of sp³-hybridized carbons (Fsp3) is 0.167. The predicted molar refractivity (Wildman–Crippen MR) is 65.5 cm³/mol. The van der Waals surface area contributed by atoms with Gasteiger partial charge in [0, 0.05) is 12.6 Å². The molecule has 1 aromatic heterocycles. The molecule has 3 N–H and O–H groups in total. The first-order valence-corrected chi connectivity index (χ1v) is 5.54. The van der Waals surface area contributed by atoms with Gasteiger partial charge in [-0.15, -0.1) is 11.6 Å². The average Bonchev–Trinajstić information content (AvgIpc) is 2.84. The number of alkyl halides is 1. The maximum absolute atomic E-state index is 11.6. The van der Waals surface area contributed by atoms with E-state index in [-0.39, 0.29) is 0 Å². The van der Waals surface area contributed by atoms with E-state index in [1.165, 1.54) is 0 Å². The van der Waals surface area contributed by atoms with Crippen molar-refractivity contribution in [2.75, 3.05) is 0 Å². The number of rotatable bonds is 4. The van der Waals surface area contributed by atoms with Crippen LogP contribution in [0.5, 0.6) is 0 Å². The lowest BCUT2D eigenvalue weighted by Crippen LogP contribution is -2.38. The number of amides is 1. The van der Waals surface area contributed by atoms with Crippen molar-refractivity contribution < 1.29 is 4.79 Å². The van der Waals surface area contributed by atoms with E-state index in [0.29, 0.717) is 12.1 Å². The number of nitrogens with one attached hydrogen (secondary N) is 1. The summed E-state index contributed by atoms with van der Waals surface area (Å²) in [4.78, 5) is 10.3. The van der Waals surface area contributed by atoms with Gasteiger partial charge in [-0.2, -0.15) is 5.10 Å². The molecule has 5 heteroatoms. The van der Waals surface area contributed by atoms with Crippen molar-refractivity contribution >= 4 is 17.5 Å². The summed E-state index contributed by atoms with van der Waals surface area (Å²) in [6.45, 7) is 0. The maximum Gasteiger partial charge on any atom is 0.245 e. The monoisotopic (exact) mass is 249 g/mol. The molecule has 2 aromatic rings. The van der Waals surface area contributed by atoms with Gasteiger partial charge in [0.05, 0.1) is 5.69 Å². The van der Waals surface area contributed by atoms with Crippen LogP contribution in [0.1, 0.15) is 11.3 Å². The zero-order valence-corrected chi connectivity index (χ0v) is 9.82. The number of nitrogens with two attached hydrogens (primary N) is 1. The summed E-state index contributed by atoms with van der Waals surface area (Å²) in [7, 11) is 0. The Morgan fingerprint density at radius 3 is 2.59 bits per heavy atom. The summed E-state index contributed by atoms with van der Waals surface area (Å²) in [6, 6.07) is 11.1. The molecule has 0 saturated heterocycles. The number of benzene rings is 1. The van der Waals surface area contributed by atoms with E-state index >= 15 is 0 Å². The number of nitrogens with zero attached hydrogens (tertiary/aromatic N) is 1. The van der Waals surface area contributed by atoms with E-state index in [9.17, 15) is 4.79 Å². The summed E-state index contributed by atoms with van der Waals surface area (Å²) < 4.78 is 0. The van der Waals surface area contributed by atoms with Crippen LogP contribution in [0.3, 0.4) is 0 Å². The second-order valence-corrected chi connectivity index (χ2v) is 4.43. The van der Waals surface area contributed by atoms with Crippen LogP contribution in [-0.2, 0) is 16.1 Å². The molecular weight excluding hydrogens is 238 g/mol. The van der Waals surface area contributed by atoms with Gasteiger partial charge in [0.1, 0.15) is 0 Å². The molecule has 0 fully saturated rings. The van der Waals surface area contributed by atoms with E-state index in [1.807, 2.05) is 30.3 Å². The molecule has 1 aromatic carbocycles. The average molecular weight is 250 g/mol. The van der Waals surface area contributed by atoms with E-state index < -0.39 is 10.8 Å². The molecule has 0 bridgehead atoms. The first-order valence-electron chi connectivity index (χ1n) is 5.16. The Kier molecular flexibility index (Phi) is 3.15. The fourth-order valence-corrected chi connectivity index (χ4v) is 1.92. The predicted octanol–water partition coefficient (Wildman–Crippen LogP) is 1.57. The number of aromatic amines is 1. The maximum atomic E-state index is 11.6. The van der Waals surface area contributed by atoms with Gasteiger partial charge in [0.15, 0.2) is 4.87 Å². The van der Waals surface area contributed by atoms with Gasteiger partial charge in [-0.05, 0) is 11.6 Å². The van der Waals surface area contributed by atoms with Crippen LogP contribution >= 0.6 is 11.6 Å². The Morgan fingerprint density at radius 2 is 2.06 bits per heavy atom. The molecule has 1 heterocycles. The molecular formula is C12H12ClN3O. The van der Waals surface area contributed by atoms with Crippen LogP contribution < -0.4 is 5.73 Å². The van der Waals surface area contributed by atoms with E-state index in [4.69, 9.17) is 17.3 Å². The number of aromatic nitrogens is 2. The summed E-state index contributed by atoms with van der Waals surface area (Å²) in [5.41, 5.74) is 6.76. The van der Waals surface area contributed by atoms with Crippen LogP contribution in [-0.4, -0.2) is 16.1 Å². The van der Waals surface area contributed by atoms with Gasteiger partial charge >= 0.3 is 0 Å². The van der Waals surface area contributed by atoms with Crippen LogP contribution in [0.15, 0.2) is 42.6 Å². The van der Waals surface area contributed by atoms with Crippen LogP contribution in [0.25, 0.3) is 0 Å². The molecule has 1 amide bonds. The zero-order valence-electron chi connectivity index (χ0n) is 9.06. The summed E-state index contributed by atoms with van der Waals surface area (Å²) in [5, 5.41) is 6.58.